The SMILES string of the molecule is O=C(O)n1c(CN2CCOCC2)cc2c(-c3ccc(N4CCOCC4)cc3)nccc21. The lowest BCUT2D eigenvalue weighted by Gasteiger charge is -2.28. The van der Waals surface area contributed by atoms with Crippen LogP contribution in [0.4, 0.5) is 10.5 Å². The van der Waals surface area contributed by atoms with Gasteiger partial charge in [0.25, 0.3) is 0 Å². The molecule has 8 heteroatoms. The van der Waals surface area contributed by atoms with Crippen LogP contribution in [-0.4, -0.2) is 78.3 Å². The van der Waals surface area contributed by atoms with Crippen LogP contribution in [0.1, 0.15) is 5.69 Å². The zero-order chi connectivity index (χ0) is 21.2. The molecule has 0 saturated carbocycles. The summed E-state index contributed by atoms with van der Waals surface area (Å²) < 4.78 is 12.2. The second kappa shape index (κ2) is 8.66. The number of ether oxygens (including phenoxy) is 2. The molecule has 2 fully saturated rings. The molecule has 2 aliphatic rings. The zero-order valence-electron chi connectivity index (χ0n) is 17.4. The quantitative estimate of drug-likeness (QED) is 0.692. The topological polar surface area (TPSA) is 80.1 Å². The minimum absolute atomic E-state index is 0.569. The van der Waals surface area contributed by atoms with Gasteiger partial charge in [0.15, 0.2) is 0 Å². The molecule has 4 heterocycles. The van der Waals surface area contributed by atoms with Crippen molar-refractivity contribution in [1.29, 1.82) is 0 Å². The van der Waals surface area contributed by atoms with Crippen LogP contribution in [0.25, 0.3) is 22.2 Å². The maximum absolute atomic E-state index is 12.1. The summed E-state index contributed by atoms with van der Waals surface area (Å²) in [6.07, 6.45) is 0.712. The highest BCUT2D eigenvalue weighted by atomic mass is 16.5. The van der Waals surface area contributed by atoms with Gasteiger partial charge < -0.3 is 19.5 Å². The maximum atomic E-state index is 12.1. The molecule has 0 atom stereocenters. The third-order valence-corrected chi connectivity index (χ3v) is 6.00. The number of nitrogens with zero attached hydrogens (tertiary/aromatic N) is 4. The van der Waals surface area contributed by atoms with Crippen molar-refractivity contribution in [2.24, 2.45) is 0 Å². The molecule has 0 bridgehead atoms. The average Bonchev–Trinajstić information content (AvgIpc) is 3.18. The Morgan fingerprint density at radius 3 is 2.32 bits per heavy atom. The lowest BCUT2D eigenvalue weighted by molar-refractivity contribution is 0.0333. The number of morpholine rings is 2. The molecule has 0 spiro atoms. The molecule has 0 unspecified atom stereocenters. The molecule has 3 aromatic rings. The van der Waals surface area contributed by atoms with Gasteiger partial charge in [-0.05, 0) is 24.3 Å². The van der Waals surface area contributed by atoms with Crippen molar-refractivity contribution in [3.8, 4) is 11.3 Å². The number of hydrogen-bond donors (Lipinski definition) is 1. The molecular weight excluding hydrogens is 396 g/mol. The number of carboxylic acid groups (broad SMARTS) is 1. The Labute approximate surface area is 180 Å². The summed E-state index contributed by atoms with van der Waals surface area (Å²) in [6.45, 7) is 6.79. The van der Waals surface area contributed by atoms with Gasteiger partial charge in [0.05, 0.1) is 37.6 Å². The van der Waals surface area contributed by atoms with Crippen molar-refractivity contribution >= 4 is 22.7 Å². The van der Waals surface area contributed by atoms with Gasteiger partial charge in [-0.25, -0.2) is 9.36 Å². The van der Waals surface area contributed by atoms with E-state index in [-0.39, 0.29) is 0 Å². The molecule has 2 aromatic heterocycles. The minimum Gasteiger partial charge on any atom is -0.464 e. The first-order valence-corrected chi connectivity index (χ1v) is 10.7. The monoisotopic (exact) mass is 422 g/mol. The van der Waals surface area contributed by atoms with Gasteiger partial charge in [0.2, 0.25) is 0 Å². The van der Waals surface area contributed by atoms with Crippen LogP contribution < -0.4 is 4.90 Å². The molecular formula is C23H26N4O4. The van der Waals surface area contributed by atoms with Crippen LogP contribution in [0.5, 0.6) is 0 Å². The second-order valence-corrected chi connectivity index (χ2v) is 7.88. The number of carbonyl (C=O) groups is 1. The Hall–Kier alpha value is -2.94. The largest absolute Gasteiger partial charge is 0.464 e. The zero-order valence-corrected chi connectivity index (χ0v) is 17.4. The average molecular weight is 422 g/mol. The highest BCUT2D eigenvalue weighted by molar-refractivity contribution is 5.98. The lowest BCUT2D eigenvalue weighted by atomic mass is 10.1. The lowest BCUT2D eigenvalue weighted by Crippen LogP contribution is -2.36. The van der Waals surface area contributed by atoms with Gasteiger partial charge >= 0.3 is 6.09 Å². The predicted molar refractivity (Wildman–Crippen MR) is 118 cm³/mol. The van der Waals surface area contributed by atoms with Crippen LogP contribution >= 0.6 is 0 Å². The molecule has 2 aliphatic heterocycles. The van der Waals surface area contributed by atoms with Crippen molar-refractivity contribution < 1.29 is 19.4 Å². The van der Waals surface area contributed by atoms with E-state index < -0.39 is 6.09 Å². The van der Waals surface area contributed by atoms with Crippen LogP contribution in [0.3, 0.4) is 0 Å². The summed E-state index contributed by atoms with van der Waals surface area (Å²) >= 11 is 0. The molecule has 1 aromatic carbocycles. The molecule has 162 valence electrons. The second-order valence-electron chi connectivity index (χ2n) is 7.88. The number of fused-ring (bicyclic) bond motifs is 1. The van der Waals surface area contributed by atoms with E-state index in [1.807, 2.05) is 6.07 Å². The molecule has 8 nitrogen and oxygen atoms in total. The van der Waals surface area contributed by atoms with Gasteiger partial charge in [0.1, 0.15) is 0 Å². The standard InChI is InChI=1S/C23H26N4O4/c28-23(29)27-19(16-25-7-11-30-12-8-25)15-20-21(27)5-6-24-22(20)17-1-3-18(4-2-17)26-9-13-31-14-10-26/h1-6,15H,7-14,16H2,(H,28,29). The molecule has 2 saturated heterocycles. The van der Waals surface area contributed by atoms with Crippen molar-refractivity contribution in [1.82, 2.24) is 14.5 Å². The van der Waals surface area contributed by atoms with E-state index in [0.717, 1.165) is 67.4 Å². The van der Waals surface area contributed by atoms with Gasteiger partial charge in [-0.15, -0.1) is 0 Å². The fourth-order valence-electron chi connectivity index (χ4n) is 4.40. The smallest absolute Gasteiger partial charge is 0.416 e. The van der Waals surface area contributed by atoms with Gasteiger partial charge in [-0.2, -0.15) is 0 Å². The molecule has 0 aliphatic carbocycles. The van der Waals surface area contributed by atoms with E-state index in [4.69, 9.17) is 9.47 Å². The molecule has 0 radical (unpaired) electrons. The van der Waals surface area contributed by atoms with E-state index >= 15 is 0 Å². The van der Waals surface area contributed by atoms with E-state index in [1.165, 1.54) is 4.57 Å². The van der Waals surface area contributed by atoms with Crippen LogP contribution in [0, 0.1) is 0 Å². The van der Waals surface area contributed by atoms with Gasteiger partial charge in [-0.1, -0.05) is 12.1 Å². The van der Waals surface area contributed by atoms with Crippen molar-refractivity contribution in [2.45, 2.75) is 6.54 Å². The first kappa shape index (κ1) is 20.0. The van der Waals surface area contributed by atoms with Gasteiger partial charge in [-0.3, -0.25) is 9.88 Å². The minimum atomic E-state index is -0.974. The Balaban J connectivity index is 1.50. The Bertz CT molecular complexity index is 1070. The molecule has 5 rings (SSSR count). The van der Waals surface area contributed by atoms with Crippen molar-refractivity contribution in [3.63, 3.8) is 0 Å². The van der Waals surface area contributed by atoms with Gasteiger partial charge in [0, 0.05) is 61.3 Å². The summed E-state index contributed by atoms with van der Waals surface area (Å²) in [5.74, 6) is 0. The van der Waals surface area contributed by atoms with Crippen LogP contribution in [0.15, 0.2) is 42.6 Å². The third kappa shape index (κ3) is 4.01. The Kier molecular flexibility index (Phi) is 5.59. The number of hydrogen-bond acceptors (Lipinski definition) is 6. The van der Waals surface area contributed by atoms with Crippen molar-refractivity contribution in [3.05, 3.63) is 48.3 Å². The first-order valence-electron chi connectivity index (χ1n) is 10.7. The van der Waals surface area contributed by atoms with E-state index in [9.17, 15) is 9.90 Å². The summed E-state index contributed by atoms with van der Waals surface area (Å²) in [5, 5.41) is 10.8. The number of benzene rings is 1. The summed E-state index contributed by atoms with van der Waals surface area (Å²) in [5.41, 5.74) is 4.36. The predicted octanol–water partition coefficient (Wildman–Crippen LogP) is 2.90. The normalized spacial score (nSPS) is 17.9. The third-order valence-electron chi connectivity index (χ3n) is 6.00. The van der Waals surface area contributed by atoms with Crippen molar-refractivity contribution in [2.75, 3.05) is 57.5 Å². The maximum Gasteiger partial charge on any atom is 0.416 e. The Morgan fingerprint density at radius 2 is 1.65 bits per heavy atom. The van der Waals surface area contributed by atoms with E-state index in [1.54, 1.807) is 12.3 Å². The van der Waals surface area contributed by atoms with Crippen LogP contribution in [-0.2, 0) is 16.0 Å². The summed E-state index contributed by atoms with van der Waals surface area (Å²) in [7, 11) is 0. The number of pyridine rings is 1. The Morgan fingerprint density at radius 1 is 0.968 bits per heavy atom. The summed E-state index contributed by atoms with van der Waals surface area (Å²) in [6, 6.07) is 12.1. The highest BCUT2D eigenvalue weighted by Gasteiger charge is 2.21. The summed E-state index contributed by atoms with van der Waals surface area (Å²) in [4.78, 5) is 21.2. The molecule has 31 heavy (non-hydrogen) atoms. The fraction of sp³-hybridized carbons (Fsp3) is 0.391. The number of rotatable bonds is 4. The number of aromatic nitrogens is 2. The molecule has 1 N–H and O–H groups in total. The number of anilines is 1. The van der Waals surface area contributed by atoms with Crippen LogP contribution in [0.2, 0.25) is 0 Å². The fourth-order valence-corrected chi connectivity index (χ4v) is 4.40. The first-order chi connectivity index (χ1) is 15.2. The van der Waals surface area contributed by atoms with E-state index in [2.05, 4.69) is 39.0 Å². The highest BCUT2D eigenvalue weighted by Crippen LogP contribution is 2.31. The molecule has 0 amide bonds. The van der Waals surface area contributed by atoms with E-state index in [0.29, 0.717) is 25.3 Å².